The molecule has 0 bridgehead atoms. The highest BCUT2D eigenvalue weighted by Gasteiger charge is 2.05. The second-order valence-electron chi connectivity index (χ2n) is 4.02. The van der Waals surface area contributed by atoms with Crippen molar-refractivity contribution >= 4 is 28.1 Å². The fraction of sp³-hybridized carbons (Fsp3) is 0.0714. The number of amides is 1. The average molecular weight is 350 g/mol. The highest BCUT2D eigenvalue weighted by atomic mass is 79.9. The molecule has 0 atom stereocenters. The summed E-state index contributed by atoms with van der Waals surface area (Å²) < 4.78 is 5.69. The molecule has 0 aliphatic rings. The number of benzene rings is 1. The number of nitrogens with zero attached hydrogens (tertiary/aromatic N) is 2. The second kappa shape index (κ2) is 6.85. The molecule has 0 fully saturated rings. The summed E-state index contributed by atoms with van der Waals surface area (Å²) in [7, 11) is 1.46. The molecule has 1 aromatic heterocycles. The smallest absolute Gasteiger partial charge is 0.272 e. The van der Waals surface area contributed by atoms with E-state index in [4.69, 9.17) is 4.74 Å². The third kappa shape index (κ3) is 4.03. The summed E-state index contributed by atoms with van der Waals surface area (Å²) in [6.07, 6.45) is 4.48. The number of phenolic OH excluding ortho intramolecular Hbond substituents is 1. The fourth-order valence-corrected chi connectivity index (χ4v) is 1.91. The minimum Gasteiger partial charge on any atom is -0.504 e. The number of carbonyl (C=O) groups is 1. The van der Waals surface area contributed by atoms with Gasteiger partial charge in [0, 0.05) is 16.9 Å². The van der Waals surface area contributed by atoms with Crippen LogP contribution in [-0.4, -0.2) is 29.3 Å². The first-order chi connectivity index (χ1) is 10.1. The molecule has 0 radical (unpaired) electrons. The Kier molecular flexibility index (Phi) is 4.89. The Balaban J connectivity index is 2.04. The lowest BCUT2D eigenvalue weighted by atomic mass is 10.2. The van der Waals surface area contributed by atoms with Gasteiger partial charge in [-0.05, 0) is 45.8 Å². The molecule has 0 saturated carbocycles. The number of hydrogen-bond donors (Lipinski definition) is 2. The van der Waals surface area contributed by atoms with Crippen molar-refractivity contribution < 1.29 is 14.6 Å². The van der Waals surface area contributed by atoms with Gasteiger partial charge in [0.1, 0.15) is 0 Å². The number of hydrazone groups is 1. The third-order valence-corrected chi connectivity index (χ3v) is 2.98. The van der Waals surface area contributed by atoms with Crippen LogP contribution in [0.5, 0.6) is 11.5 Å². The molecule has 2 aromatic rings. The van der Waals surface area contributed by atoms with Crippen molar-refractivity contribution in [2.45, 2.75) is 0 Å². The van der Waals surface area contributed by atoms with Crippen LogP contribution < -0.4 is 10.2 Å². The van der Waals surface area contributed by atoms with Crippen molar-refractivity contribution in [1.29, 1.82) is 0 Å². The summed E-state index contributed by atoms with van der Waals surface area (Å²) in [6, 6.07) is 6.38. The molecule has 6 nitrogen and oxygen atoms in total. The van der Waals surface area contributed by atoms with E-state index in [0.29, 0.717) is 21.3 Å². The Morgan fingerprint density at radius 2 is 2.24 bits per heavy atom. The summed E-state index contributed by atoms with van der Waals surface area (Å²) in [5, 5.41) is 13.3. The number of halogens is 1. The van der Waals surface area contributed by atoms with Gasteiger partial charge in [-0.3, -0.25) is 9.78 Å². The van der Waals surface area contributed by atoms with E-state index < -0.39 is 0 Å². The molecule has 1 aromatic carbocycles. The monoisotopic (exact) mass is 349 g/mol. The Morgan fingerprint density at radius 3 is 2.95 bits per heavy atom. The van der Waals surface area contributed by atoms with Gasteiger partial charge in [-0.2, -0.15) is 5.10 Å². The van der Waals surface area contributed by atoms with Gasteiger partial charge >= 0.3 is 0 Å². The maximum absolute atomic E-state index is 11.8. The minimum absolute atomic E-state index is 0.0406. The van der Waals surface area contributed by atoms with Crippen LogP contribution in [0.4, 0.5) is 0 Å². The molecule has 1 amide bonds. The molecule has 108 valence electrons. The van der Waals surface area contributed by atoms with E-state index >= 15 is 0 Å². The summed E-state index contributed by atoms with van der Waals surface area (Å²) in [6.45, 7) is 0. The molecule has 0 aliphatic heterocycles. The predicted molar refractivity (Wildman–Crippen MR) is 81.7 cm³/mol. The van der Waals surface area contributed by atoms with Gasteiger partial charge in [0.2, 0.25) is 0 Å². The molecule has 2 rings (SSSR count). The molecule has 0 aliphatic carbocycles. The van der Waals surface area contributed by atoms with Crippen molar-refractivity contribution in [3.8, 4) is 11.5 Å². The maximum atomic E-state index is 11.8. The number of rotatable bonds is 4. The zero-order chi connectivity index (χ0) is 15.2. The third-order valence-electron chi connectivity index (χ3n) is 2.55. The molecular weight excluding hydrogens is 338 g/mol. The SMILES string of the molecule is COc1cc(C=NNC(=O)c2cncc(Br)c2)ccc1O. The highest BCUT2D eigenvalue weighted by molar-refractivity contribution is 9.10. The minimum atomic E-state index is -0.370. The number of nitrogens with one attached hydrogen (secondary N) is 1. The van der Waals surface area contributed by atoms with Crippen molar-refractivity contribution in [2.24, 2.45) is 5.10 Å². The first-order valence-electron chi connectivity index (χ1n) is 5.91. The molecular formula is C14H12BrN3O3. The molecule has 21 heavy (non-hydrogen) atoms. The van der Waals surface area contributed by atoms with Gasteiger partial charge in [-0.25, -0.2) is 5.43 Å². The number of methoxy groups -OCH3 is 1. The Hall–Kier alpha value is -2.41. The van der Waals surface area contributed by atoms with Crippen LogP contribution in [0.1, 0.15) is 15.9 Å². The van der Waals surface area contributed by atoms with Gasteiger partial charge < -0.3 is 9.84 Å². The van der Waals surface area contributed by atoms with Crippen LogP contribution in [-0.2, 0) is 0 Å². The van der Waals surface area contributed by atoms with Crippen LogP contribution in [0.15, 0.2) is 46.2 Å². The van der Waals surface area contributed by atoms with E-state index in [1.807, 2.05) is 0 Å². The van der Waals surface area contributed by atoms with Crippen LogP contribution in [0, 0.1) is 0 Å². The predicted octanol–water partition coefficient (Wildman–Crippen LogP) is 2.32. The van der Waals surface area contributed by atoms with Crippen LogP contribution in [0.3, 0.4) is 0 Å². The normalized spacial score (nSPS) is 10.6. The standard InChI is InChI=1S/C14H12BrN3O3/c1-21-13-4-9(2-3-12(13)19)6-17-18-14(20)10-5-11(15)8-16-7-10/h2-8,19H,1H3,(H,18,20). The molecule has 2 N–H and O–H groups in total. The van der Waals surface area contributed by atoms with E-state index in [1.165, 1.54) is 25.6 Å². The van der Waals surface area contributed by atoms with E-state index in [-0.39, 0.29) is 11.7 Å². The Labute approximate surface area is 129 Å². The fourth-order valence-electron chi connectivity index (χ4n) is 1.54. The van der Waals surface area contributed by atoms with Crippen molar-refractivity contribution in [1.82, 2.24) is 10.4 Å². The van der Waals surface area contributed by atoms with Crippen LogP contribution >= 0.6 is 15.9 Å². The first kappa shape index (κ1) is 15.0. The first-order valence-corrected chi connectivity index (χ1v) is 6.70. The lowest BCUT2D eigenvalue weighted by Crippen LogP contribution is -2.17. The van der Waals surface area contributed by atoms with Gasteiger partial charge in [-0.1, -0.05) is 0 Å². The molecule has 7 heteroatoms. The quantitative estimate of drug-likeness (QED) is 0.655. The number of phenols is 1. The van der Waals surface area contributed by atoms with Crippen LogP contribution in [0.2, 0.25) is 0 Å². The van der Waals surface area contributed by atoms with E-state index in [0.717, 1.165) is 0 Å². The van der Waals surface area contributed by atoms with Gasteiger partial charge in [0.15, 0.2) is 11.5 Å². The average Bonchev–Trinajstić information content (AvgIpc) is 2.48. The lowest BCUT2D eigenvalue weighted by molar-refractivity contribution is 0.0954. The van der Waals surface area contributed by atoms with Gasteiger partial charge in [0.05, 0.1) is 18.9 Å². The van der Waals surface area contributed by atoms with Crippen molar-refractivity contribution in [3.05, 3.63) is 52.3 Å². The second-order valence-corrected chi connectivity index (χ2v) is 4.94. The number of pyridine rings is 1. The van der Waals surface area contributed by atoms with E-state index in [2.05, 4.69) is 31.4 Å². The summed E-state index contributed by atoms with van der Waals surface area (Å²) >= 11 is 3.24. The maximum Gasteiger partial charge on any atom is 0.272 e. The van der Waals surface area contributed by atoms with E-state index in [9.17, 15) is 9.90 Å². The number of hydrogen-bond acceptors (Lipinski definition) is 5. The topological polar surface area (TPSA) is 83.8 Å². The molecule has 0 spiro atoms. The number of aromatic hydroxyl groups is 1. The molecule has 0 unspecified atom stereocenters. The number of ether oxygens (including phenoxy) is 1. The lowest BCUT2D eigenvalue weighted by Gasteiger charge is -2.03. The zero-order valence-corrected chi connectivity index (χ0v) is 12.7. The largest absolute Gasteiger partial charge is 0.504 e. The zero-order valence-electron chi connectivity index (χ0n) is 11.1. The van der Waals surface area contributed by atoms with Crippen molar-refractivity contribution in [3.63, 3.8) is 0 Å². The van der Waals surface area contributed by atoms with Crippen LogP contribution in [0.25, 0.3) is 0 Å². The van der Waals surface area contributed by atoms with Gasteiger partial charge in [0.25, 0.3) is 5.91 Å². The van der Waals surface area contributed by atoms with Gasteiger partial charge in [-0.15, -0.1) is 0 Å². The molecule has 1 heterocycles. The number of carbonyl (C=O) groups excluding carboxylic acids is 1. The van der Waals surface area contributed by atoms with E-state index in [1.54, 1.807) is 24.4 Å². The Morgan fingerprint density at radius 1 is 1.43 bits per heavy atom. The Bertz CT molecular complexity index is 689. The summed E-state index contributed by atoms with van der Waals surface area (Å²) in [5.41, 5.74) is 3.46. The number of aromatic nitrogens is 1. The molecule has 0 saturated heterocycles. The van der Waals surface area contributed by atoms with Crippen molar-refractivity contribution in [2.75, 3.05) is 7.11 Å². The summed E-state index contributed by atoms with van der Waals surface area (Å²) in [5.74, 6) is 0.00570. The summed E-state index contributed by atoms with van der Waals surface area (Å²) in [4.78, 5) is 15.7. The highest BCUT2D eigenvalue weighted by Crippen LogP contribution is 2.25.